The van der Waals surface area contributed by atoms with E-state index in [1.807, 2.05) is 18.2 Å². The minimum absolute atomic E-state index is 0.704. The smallest absolute Gasteiger partial charge is 0.212 e. The van der Waals surface area contributed by atoms with E-state index in [1.54, 1.807) is 0 Å². The lowest BCUT2D eigenvalue weighted by atomic mass is 10.2. The van der Waals surface area contributed by atoms with Crippen LogP contribution in [0.4, 0.5) is 11.6 Å². The Hall–Kier alpha value is -2.40. The fourth-order valence-corrected chi connectivity index (χ4v) is 3.35. The van der Waals surface area contributed by atoms with Gasteiger partial charge in [-0.2, -0.15) is 0 Å². The van der Waals surface area contributed by atoms with E-state index in [9.17, 15) is 0 Å². The maximum Gasteiger partial charge on any atom is 0.212 e. The van der Waals surface area contributed by atoms with Crippen LogP contribution in [0.5, 0.6) is 0 Å². The van der Waals surface area contributed by atoms with Gasteiger partial charge in [0.1, 0.15) is 0 Å². The highest BCUT2D eigenvalue weighted by Crippen LogP contribution is 2.27. The number of fused-ring (bicyclic) bond motifs is 3. The van der Waals surface area contributed by atoms with E-state index < -0.39 is 0 Å². The van der Waals surface area contributed by atoms with Crippen molar-refractivity contribution in [1.29, 1.82) is 0 Å². The first-order valence-electron chi connectivity index (χ1n) is 7.83. The number of para-hydroxylation sites is 3. The quantitative estimate of drug-likeness (QED) is 0.688. The van der Waals surface area contributed by atoms with Gasteiger partial charge in [0.2, 0.25) is 5.95 Å². The number of aromatic nitrogens is 2. The van der Waals surface area contributed by atoms with Crippen LogP contribution in [-0.4, -0.2) is 21.2 Å². The van der Waals surface area contributed by atoms with Crippen molar-refractivity contribution in [1.82, 2.24) is 9.55 Å². The molecule has 0 unspecified atom stereocenters. The highest BCUT2D eigenvalue weighted by molar-refractivity contribution is 7.80. The molecule has 0 atom stereocenters. The molecular formula is C18H18N4S. The third kappa shape index (κ3) is 2.47. The lowest BCUT2D eigenvalue weighted by molar-refractivity contribution is 0.612. The second-order valence-electron chi connectivity index (χ2n) is 5.80. The zero-order chi connectivity index (χ0) is 15.8. The first-order valence-corrected chi connectivity index (χ1v) is 8.24. The highest BCUT2D eigenvalue weighted by atomic mass is 32.1. The second-order valence-corrected chi connectivity index (χ2v) is 6.19. The average Bonchev–Trinajstić information content (AvgIpc) is 2.95. The number of hydrogen-bond acceptors (Lipinski definition) is 2. The van der Waals surface area contributed by atoms with Gasteiger partial charge in [-0.1, -0.05) is 30.3 Å². The lowest BCUT2D eigenvalue weighted by Gasteiger charge is -2.30. The molecule has 2 heterocycles. The van der Waals surface area contributed by atoms with E-state index in [0.29, 0.717) is 5.11 Å². The summed E-state index contributed by atoms with van der Waals surface area (Å²) < 4.78 is 2.25. The maximum atomic E-state index is 5.66. The van der Waals surface area contributed by atoms with Gasteiger partial charge >= 0.3 is 0 Å². The molecule has 1 N–H and O–H groups in total. The summed E-state index contributed by atoms with van der Waals surface area (Å²) in [6, 6.07) is 16.4. The molecule has 3 aromatic rings. The van der Waals surface area contributed by atoms with Crippen LogP contribution in [0, 0.1) is 6.92 Å². The molecule has 0 radical (unpaired) electrons. The summed E-state index contributed by atoms with van der Waals surface area (Å²) in [5.74, 6) is 0.934. The summed E-state index contributed by atoms with van der Waals surface area (Å²) in [5, 5.41) is 4.07. The van der Waals surface area contributed by atoms with Gasteiger partial charge in [-0.15, -0.1) is 0 Å². The lowest BCUT2D eigenvalue weighted by Crippen LogP contribution is -2.40. The van der Waals surface area contributed by atoms with Gasteiger partial charge in [0.25, 0.3) is 0 Å². The van der Waals surface area contributed by atoms with E-state index in [0.717, 1.165) is 36.7 Å². The van der Waals surface area contributed by atoms with Crippen molar-refractivity contribution >= 4 is 40.0 Å². The van der Waals surface area contributed by atoms with Crippen LogP contribution in [0.2, 0.25) is 0 Å². The van der Waals surface area contributed by atoms with E-state index in [4.69, 9.17) is 17.2 Å². The van der Waals surface area contributed by atoms with Gasteiger partial charge in [0, 0.05) is 18.8 Å². The van der Waals surface area contributed by atoms with Crippen molar-refractivity contribution in [2.24, 2.45) is 0 Å². The molecule has 2 aromatic carbocycles. The normalized spacial score (nSPS) is 13.9. The predicted octanol–water partition coefficient (Wildman–Crippen LogP) is 3.95. The Bertz CT molecular complexity index is 884. The number of nitrogens with zero attached hydrogens (tertiary/aromatic N) is 3. The molecule has 5 heteroatoms. The third-order valence-corrected chi connectivity index (χ3v) is 4.59. The molecule has 0 amide bonds. The Morgan fingerprint density at radius 2 is 1.87 bits per heavy atom. The molecule has 0 aliphatic carbocycles. The molecule has 0 saturated heterocycles. The van der Waals surface area contributed by atoms with Crippen LogP contribution < -0.4 is 10.2 Å². The maximum absolute atomic E-state index is 5.66. The Morgan fingerprint density at radius 1 is 1.09 bits per heavy atom. The van der Waals surface area contributed by atoms with Crippen molar-refractivity contribution in [2.75, 3.05) is 16.8 Å². The van der Waals surface area contributed by atoms with Gasteiger partial charge in [-0.3, -0.25) is 4.90 Å². The Balaban J connectivity index is 1.69. The Kier molecular flexibility index (Phi) is 3.50. The van der Waals surface area contributed by atoms with Crippen LogP contribution in [-0.2, 0) is 6.54 Å². The van der Waals surface area contributed by atoms with Crippen molar-refractivity contribution in [3.8, 4) is 0 Å². The fourth-order valence-electron chi connectivity index (χ4n) is 3.06. The molecular weight excluding hydrogens is 304 g/mol. The monoisotopic (exact) mass is 322 g/mol. The molecule has 0 fully saturated rings. The van der Waals surface area contributed by atoms with E-state index in [1.165, 1.54) is 11.1 Å². The standard InChI is InChI=1S/C18H18N4S/c1-13-7-2-3-8-14(13)20-18(23)22-12-6-11-21-16-10-5-4-9-15(16)19-17(21)22/h2-5,7-10H,6,11-12H2,1H3,(H,20,23). The number of thiocarbonyl (C=S) groups is 1. The van der Waals surface area contributed by atoms with Crippen molar-refractivity contribution < 1.29 is 0 Å². The first kappa shape index (κ1) is 14.2. The number of nitrogens with one attached hydrogen (secondary N) is 1. The molecule has 4 rings (SSSR count). The fraction of sp³-hybridized carbons (Fsp3) is 0.222. The Labute approximate surface area is 140 Å². The van der Waals surface area contributed by atoms with Gasteiger partial charge in [0.05, 0.1) is 11.0 Å². The second kappa shape index (κ2) is 5.66. The van der Waals surface area contributed by atoms with E-state index in [2.05, 4.69) is 52.0 Å². The largest absolute Gasteiger partial charge is 0.332 e. The van der Waals surface area contributed by atoms with Crippen LogP contribution in [0.15, 0.2) is 48.5 Å². The SMILES string of the molecule is Cc1ccccc1NC(=S)N1CCCn2c1nc1ccccc12. The van der Waals surface area contributed by atoms with Gasteiger partial charge in [0.15, 0.2) is 5.11 Å². The van der Waals surface area contributed by atoms with Crippen molar-refractivity contribution in [3.05, 3.63) is 54.1 Å². The Morgan fingerprint density at radius 3 is 2.74 bits per heavy atom. The molecule has 1 aliphatic rings. The molecule has 23 heavy (non-hydrogen) atoms. The van der Waals surface area contributed by atoms with Gasteiger partial charge < -0.3 is 9.88 Å². The molecule has 116 valence electrons. The summed E-state index contributed by atoms with van der Waals surface area (Å²) in [7, 11) is 0. The van der Waals surface area contributed by atoms with E-state index in [-0.39, 0.29) is 0 Å². The summed E-state index contributed by atoms with van der Waals surface area (Å²) in [5.41, 5.74) is 4.42. The highest BCUT2D eigenvalue weighted by Gasteiger charge is 2.24. The summed E-state index contributed by atoms with van der Waals surface area (Å²) in [6.45, 7) is 3.96. The predicted molar refractivity (Wildman–Crippen MR) is 99.1 cm³/mol. The number of rotatable bonds is 1. The molecule has 1 aliphatic heterocycles. The number of aryl methyl sites for hydroxylation is 2. The first-order chi connectivity index (χ1) is 11.2. The third-order valence-electron chi connectivity index (χ3n) is 4.27. The summed E-state index contributed by atoms with van der Waals surface area (Å²) in [4.78, 5) is 6.88. The molecule has 0 spiro atoms. The van der Waals surface area contributed by atoms with Crippen LogP contribution in [0.1, 0.15) is 12.0 Å². The van der Waals surface area contributed by atoms with Crippen LogP contribution in [0.25, 0.3) is 11.0 Å². The number of benzene rings is 2. The van der Waals surface area contributed by atoms with Gasteiger partial charge in [-0.25, -0.2) is 4.98 Å². The molecule has 1 aromatic heterocycles. The van der Waals surface area contributed by atoms with Crippen molar-refractivity contribution in [2.45, 2.75) is 19.9 Å². The summed E-state index contributed by atoms with van der Waals surface area (Å²) in [6.07, 6.45) is 1.06. The summed E-state index contributed by atoms with van der Waals surface area (Å²) >= 11 is 5.66. The average molecular weight is 322 g/mol. The molecule has 0 bridgehead atoms. The minimum Gasteiger partial charge on any atom is -0.332 e. The van der Waals surface area contributed by atoms with Crippen LogP contribution >= 0.6 is 12.2 Å². The van der Waals surface area contributed by atoms with Gasteiger partial charge in [-0.05, 0) is 49.3 Å². The zero-order valence-corrected chi connectivity index (χ0v) is 13.8. The number of hydrogen-bond donors (Lipinski definition) is 1. The zero-order valence-electron chi connectivity index (χ0n) is 13.0. The number of imidazole rings is 1. The van der Waals surface area contributed by atoms with E-state index >= 15 is 0 Å². The number of anilines is 2. The van der Waals surface area contributed by atoms with Crippen molar-refractivity contribution in [3.63, 3.8) is 0 Å². The topological polar surface area (TPSA) is 33.1 Å². The molecule has 4 nitrogen and oxygen atoms in total. The van der Waals surface area contributed by atoms with Crippen LogP contribution in [0.3, 0.4) is 0 Å². The molecule has 0 saturated carbocycles. The minimum atomic E-state index is 0.704.